The number of aliphatic hydroxyl groups is 1. The highest BCUT2D eigenvalue weighted by Gasteiger charge is 2.22. The molecule has 0 bridgehead atoms. The molecule has 2 aromatic carbocycles. The Kier molecular flexibility index (Phi) is 7.36. The highest BCUT2D eigenvalue weighted by atomic mass is 35.5. The minimum Gasteiger partial charge on any atom is -0.510 e. The van der Waals surface area contributed by atoms with Gasteiger partial charge in [0.2, 0.25) is 0 Å². The van der Waals surface area contributed by atoms with Crippen LogP contribution in [0, 0.1) is 0 Å². The maximum Gasteiger partial charge on any atom is 0.345 e. The molecule has 0 atom stereocenters. The fraction of sp³-hybridized carbons (Fsp3) is 0.143. The summed E-state index contributed by atoms with van der Waals surface area (Å²) in [6, 6.07) is 15.0. The van der Waals surface area contributed by atoms with Crippen LogP contribution in [0.15, 0.2) is 63.0 Å². The lowest BCUT2D eigenvalue weighted by molar-refractivity contribution is -0.133. The maximum absolute atomic E-state index is 12.3. The molecule has 0 amide bonds. The average Bonchev–Trinajstić information content (AvgIpc) is 3.44. The molecule has 7 nitrogen and oxygen atoms in total. The summed E-state index contributed by atoms with van der Waals surface area (Å²) in [5.41, 5.74) is 2.59. The molecule has 0 aliphatic heterocycles. The number of fused-ring (bicyclic) bond motifs is 1. The van der Waals surface area contributed by atoms with Gasteiger partial charge in [0, 0.05) is 10.8 Å². The molecule has 0 unspecified atom stereocenters. The molecule has 4 rings (SSSR count). The molecule has 0 saturated heterocycles. The largest absolute Gasteiger partial charge is 0.510 e. The van der Waals surface area contributed by atoms with Crippen LogP contribution >= 0.6 is 46.5 Å². The van der Waals surface area contributed by atoms with Crippen molar-refractivity contribution in [2.75, 3.05) is 12.9 Å². The second-order valence-electron chi connectivity index (χ2n) is 6.45. The van der Waals surface area contributed by atoms with Crippen LogP contribution in [-0.2, 0) is 15.3 Å². The van der Waals surface area contributed by atoms with E-state index in [4.69, 9.17) is 16.3 Å². The number of aromatic nitrogens is 4. The van der Waals surface area contributed by atoms with Gasteiger partial charge in [0.1, 0.15) is 17.2 Å². The number of halogens is 1. The second-order valence-corrected chi connectivity index (χ2v) is 10.3. The summed E-state index contributed by atoms with van der Waals surface area (Å²) in [7, 11) is 1.26. The lowest BCUT2D eigenvalue weighted by Crippen LogP contribution is -2.09. The minimum atomic E-state index is -0.668. The number of hydrogen-bond donors (Lipinski definition) is 2. The van der Waals surface area contributed by atoms with Crippen LogP contribution in [0.4, 0.5) is 0 Å². The van der Waals surface area contributed by atoms with Crippen LogP contribution in [0.3, 0.4) is 0 Å². The third kappa shape index (κ3) is 5.44. The summed E-state index contributed by atoms with van der Waals surface area (Å²) in [6.07, 6.45) is 0. The van der Waals surface area contributed by atoms with Gasteiger partial charge in [-0.25, -0.2) is 9.78 Å². The van der Waals surface area contributed by atoms with Gasteiger partial charge < -0.3 is 14.8 Å². The van der Waals surface area contributed by atoms with Gasteiger partial charge in [-0.1, -0.05) is 70.7 Å². The number of carbonyl (C=O) groups excluding carboxylic acids is 1. The summed E-state index contributed by atoms with van der Waals surface area (Å²) >= 11 is 10.2. The third-order valence-corrected chi connectivity index (χ3v) is 7.82. The number of methoxy groups -OCH3 is 1. The fourth-order valence-electron chi connectivity index (χ4n) is 2.77. The van der Waals surface area contributed by atoms with E-state index in [1.807, 2.05) is 48.5 Å². The number of nitrogens with one attached hydrogen (secondary N) is 1. The minimum absolute atomic E-state index is 0.00180. The number of benzene rings is 2. The SMILES string of the molecule is COC(=O)C(=C(O)CSc1nnc(SCc2ccc(Cl)cc2)s1)c1nc2ccccc2[nH]1. The van der Waals surface area contributed by atoms with Crippen molar-refractivity contribution in [1.82, 2.24) is 20.2 Å². The Morgan fingerprint density at radius 2 is 1.84 bits per heavy atom. The normalized spacial score (nSPS) is 12.1. The van der Waals surface area contributed by atoms with E-state index in [1.165, 1.54) is 30.2 Å². The average molecular weight is 505 g/mol. The first-order chi connectivity index (χ1) is 15.5. The van der Waals surface area contributed by atoms with Crippen molar-refractivity contribution in [1.29, 1.82) is 0 Å². The van der Waals surface area contributed by atoms with E-state index in [1.54, 1.807) is 11.8 Å². The molecule has 2 aromatic heterocycles. The Morgan fingerprint density at radius 3 is 2.56 bits per heavy atom. The lowest BCUT2D eigenvalue weighted by Gasteiger charge is -2.06. The number of rotatable bonds is 8. The number of aromatic amines is 1. The van der Waals surface area contributed by atoms with E-state index in [2.05, 4.69) is 20.2 Å². The van der Waals surface area contributed by atoms with Crippen LogP contribution in [0.2, 0.25) is 5.02 Å². The molecule has 0 saturated carbocycles. The van der Waals surface area contributed by atoms with E-state index >= 15 is 0 Å². The number of para-hydroxylation sites is 2. The number of aliphatic hydroxyl groups excluding tert-OH is 1. The zero-order valence-corrected chi connectivity index (χ0v) is 19.9. The first-order valence-corrected chi connectivity index (χ1v) is 12.5. The number of carbonyl (C=O) groups is 1. The lowest BCUT2D eigenvalue weighted by atomic mass is 10.2. The predicted molar refractivity (Wildman–Crippen MR) is 129 cm³/mol. The van der Waals surface area contributed by atoms with Gasteiger partial charge in [-0.2, -0.15) is 0 Å². The Bertz CT molecular complexity index is 1240. The van der Waals surface area contributed by atoms with Gasteiger partial charge in [0.15, 0.2) is 8.68 Å². The fourth-order valence-corrected chi connectivity index (χ4v) is 5.75. The predicted octanol–water partition coefficient (Wildman–Crippen LogP) is 5.59. The number of imidazole rings is 1. The molecular formula is C21H17ClN4O3S3. The van der Waals surface area contributed by atoms with Gasteiger partial charge in [-0.05, 0) is 29.8 Å². The van der Waals surface area contributed by atoms with Crippen LogP contribution in [0.1, 0.15) is 11.4 Å². The van der Waals surface area contributed by atoms with E-state index in [0.29, 0.717) is 14.9 Å². The first-order valence-electron chi connectivity index (χ1n) is 9.32. The molecule has 0 aliphatic carbocycles. The number of thioether (sulfide) groups is 2. The molecule has 2 N–H and O–H groups in total. The van der Waals surface area contributed by atoms with Gasteiger partial charge in [-0.3, -0.25) is 0 Å². The van der Waals surface area contributed by atoms with E-state index in [9.17, 15) is 9.90 Å². The van der Waals surface area contributed by atoms with Crippen LogP contribution < -0.4 is 0 Å². The molecule has 11 heteroatoms. The maximum atomic E-state index is 12.3. The standard InChI is InChI=1S/C21H17ClN4O3S3/c1-29-19(28)17(18-23-14-4-2-3-5-15(14)24-18)16(27)11-31-21-26-25-20(32-21)30-10-12-6-8-13(22)9-7-12/h2-9,27H,10-11H2,1H3,(H,23,24). The number of ether oxygens (including phenoxy) is 1. The first kappa shape index (κ1) is 22.7. The van der Waals surface area contributed by atoms with E-state index in [0.717, 1.165) is 21.2 Å². The van der Waals surface area contributed by atoms with Crippen molar-refractivity contribution in [3.63, 3.8) is 0 Å². The zero-order chi connectivity index (χ0) is 22.5. The van der Waals surface area contributed by atoms with Gasteiger partial charge >= 0.3 is 5.97 Å². The van der Waals surface area contributed by atoms with E-state index in [-0.39, 0.29) is 22.9 Å². The van der Waals surface area contributed by atoms with Gasteiger partial charge in [0.05, 0.1) is 23.9 Å². The number of nitrogens with zero attached hydrogens (tertiary/aromatic N) is 3. The summed E-state index contributed by atoms with van der Waals surface area (Å²) in [5, 5.41) is 19.7. The third-order valence-electron chi connectivity index (χ3n) is 4.30. The van der Waals surface area contributed by atoms with Crippen molar-refractivity contribution < 1.29 is 14.6 Å². The van der Waals surface area contributed by atoms with Crippen molar-refractivity contribution >= 4 is 69.0 Å². The molecular weight excluding hydrogens is 488 g/mol. The second kappa shape index (κ2) is 10.4. The van der Waals surface area contributed by atoms with Crippen LogP contribution in [0.25, 0.3) is 16.6 Å². The van der Waals surface area contributed by atoms with Crippen molar-refractivity contribution in [2.24, 2.45) is 0 Å². The Labute approximate surface area is 201 Å². The smallest absolute Gasteiger partial charge is 0.345 e. The summed E-state index contributed by atoms with van der Waals surface area (Å²) in [4.78, 5) is 19.8. The van der Waals surface area contributed by atoms with Crippen LogP contribution in [-0.4, -0.2) is 44.1 Å². The zero-order valence-electron chi connectivity index (χ0n) is 16.7. The molecule has 32 heavy (non-hydrogen) atoms. The molecule has 0 spiro atoms. The highest BCUT2D eigenvalue weighted by Crippen LogP contribution is 2.32. The van der Waals surface area contributed by atoms with Crippen molar-refractivity contribution in [3.8, 4) is 0 Å². The van der Waals surface area contributed by atoms with Crippen molar-refractivity contribution in [3.05, 3.63) is 70.7 Å². The number of hydrogen-bond acceptors (Lipinski definition) is 9. The Hall–Kier alpha value is -2.53. The number of H-pyrrole nitrogens is 1. The number of esters is 1. The Morgan fingerprint density at radius 1 is 1.12 bits per heavy atom. The van der Waals surface area contributed by atoms with Crippen molar-refractivity contribution in [2.45, 2.75) is 14.4 Å². The summed E-state index contributed by atoms with van der Waals surface area (Å²) < 4.78 is 6.36. The molecule has 0 fully saturated rings. The summed E-state index contributed by atoms with van der Waals surface area (Å²) in [5.74, 6) is 0.315. The quantitative estimate of drug-likeness (QED) is 0.138. The molecule has 0 aliphatic rings. The molecule has 0 radical (unpaired) electrons. The van der Waals surface area contributed by atoms with E-state index < -0.39 is 5.97 Å². The summed E-state index contributed by atoms with van der Waals surface area (Å²) in [6.45, 7) is 0. The van der Waals surface area contributed by atoms with Gasteiger partial charge in [-0.15, -0.1) is 10.2 Å². The molecule has 164 valence electrons. The monoisotopic (exact) mass is 504 g/mol. The molecule has 4 aromatic rings. The highest BCUT2D eigenvalue weighted by molar-refractivity contribution is 8.03. The Balaban J connectivity index is 1.45. The molecule has 2 heterocycles. The van der Waals surface area contributed by atoms with Gasteiger partial charge in [0.25, 0.3) is 0 Å². The topological polar surface area (TPSA) is 101 Å². The van der Waals surface area contributed by atoms with Crippen LogP contribution in [0.5, 0.6) is 0 Å².